The summed E-state index contributed by atoms with van der Waals surface area (Å²) in [6, 6.07) is 3.13. The van der Waals surface area contributed by atoms with Gasteiger partial charge in [0, 0.05) is 18.8 Å². The van der Waals surface area contributed by atoms with Gasteiger partial charge < -0.3 is 5.11 Å². The van der Waals surface area contributed by atoms with E-state index in [1.54, 1.807) is 12.3 Å². The Kier molecular flexibility index (Phi) is 6.72. The highest BCUT2D eigenvalue weighted by atomic mass is 16.5. The maximum atomic E-state index is 12.5. The number of carbonyl (C=O) groups excluding carboxylic acids is 1. The molecule has 3 fully saturated rings. The van der Waals surface area contributed by atoms with E-state index in [1.165, 1.54) is 49.7 Å². The first kappa shape index (κ1) is 22.0. The first-order chi connectivity index (χ1) is 15.0. The number of hydrogen-bond acceptors (Lipinski definition) is 5. The quantitative estimate of drug-likeness (QED) is 0.287. The maximum Gasteiger partial charge on any atom is 0.321 e. The largest absolute Gasteiger partial charge is 0.480 e. The zero-order valence-corrected chi connectivity index (χ0v) is 17.9. The van der Waals surface area contributed by atoms with Crippen molar-refractivity contribution in [3.05, 3.63) is 35.7 Å². The lowest BCUT2D eigenvalue weighted by molar-refractivity contribution is -0.147. The van der Waals surface area contributed by atoms with E-state index in [0.717, 1.165) is 37.2 Å². The summed E-state index contributed by atoms with van der Waals surface area (Å²) in [5.41, 5.74) is 2.90. The number of aromatic nitrogens is 1. The first-order valence-electron chi connectivity index (χ1n) is 11.5. The summed E-state index contributed by atoms with van der Waals surface area (Å²) < 4.78 is 0. The Bertz CT molecular complexity index is 817. The minimum atomic E-state index is -0.729. The Hall–Kier alpha value is -2.25. The number of nitrogens with one attached hydrogen (secondary N) is 2. The van der Waals surface area contributed by atoms with Crippen LogP contribution >= 0.6 is 0 Å². The zero-order chi connectivity index (χ0) is 21.8. The number of pyridine rings is 1. The Morgan fingerprint density at radius 3 is 2.58 bits per heavy atom. The minimum absolute atomic E-state index is 0.141. The van der Waals surface area contributed by atoms with Gasteiger partial charge in [0.05, 0.1) is 5.69 Å². The third-order valence-corrected chi connectivity index (χ3v) is 7.96. The van der Waals surface area contributed by atoms with Crippen LogP contribution in [0.25, 0.3) is 6.08 Å². The fraction of sp³-hybridized carbons (Fsp3) is 0.625. The van der Waals surface area contributed by atoms with Gasteiger partial charge in [-0.2, -0.15) is 0 Å². The van der Waals surface area contributed by atoms with Gasteiger partial charge in [-0.3, -0.25) is 25.1 Å². The van der Waals surface area contributed by atoms with Crippen molar-refractivity contribution < 1.29 is 19.9 Å². The van der Waals surface area contributed by atoms with E-state index in [1.807, 2.05) is 6.07 Å². The van der Waals surface area contributed by atoms with Crippen LogP contribution in [-0.4, -0.2) is 33.2 Å². The number of carboxylic acid groups (broad SMARTS) is 1. The number of amides is 1. The van der Waals surface area contributed by atoms with E-state index in [0.29, 0.717) is 24.1 Å². The molecule has 1 heterocycles. The van der Waals surface area contributed by atoms with Crippen molar-refractivity contribution in [1.82, 2.24) is 15.8 Å². The Labute approximate surface area is 183 Å². The van der Waals surface area contributed by atoms with Gasteiger partial charge in [-0.25, -0.2) is 5.48 Å². The third-order valence-electron chi connectivity index (χ3n) is 7.96. The lowest BCUT2D eigenvalue weighted by atomic mass is 9.57. The van der Waals surface area contributed by atoms with Crippen molar-refractivity contribution in [2.75, 3.05) is 0 Å². The molecule has 2 bridgehead atoms. The summed E-state index contributed by atoms with van der Waals surface area (Å²) in [5, 5.41) is 22.2. The predicted octanol–water partition coefficient (Wildman–Crippen LogP) is 3.53. The molecule has 3 aliphatic carbocycles. The molecular formula is C24H33N3O4. The summed E-state index contributed by atoms with van der Waals surface area (Å²) in [6.07, 6.45) is 15.0. The molecule has 3 aliphatic rings. The average molecular weight is 428 g/mol. The third kappa shape index (κ3) is 4.67. The molecule has 7 nitrogen and oxygen atoms in total. The van der Waals surface area contributed by atoms with E-state index in [-0.39, 0.29) is 5.41 Å². The Morgan fingerprint density at radius 1 is 1.19 bits per heavy atom. The van der Waals surface area contributed by atoms with Crippen molar-refractivity contribution in [3.8, 4) is 0 Å². The molecule has 0 saturated heterocycles. The van der Waals surface area contributed by atoms with Crippen LogP contribution < -0.4 is 10.8 Å². The van der Waals surface area contributed by atoms with Crippen LogP contribution in [-0.2, 0) is 16.1 Å². The van der Waals surface area contributed by atoms with Gasteiger partial charge in [0.2, 0.25) is 0 Å². The van der Waals surface area contributed by atoms with Crippen LogP contribution in [0.3, 0.4) is 0 Å². The highest BCUT2D eigenvalue weighted by Crippen LogP contribution is 2.60. The average Bonchev–Trinajstić information content (AvgIpc) is 3.43. The van der Waals surface area contributed by atoms with Gasteiger partial charge in [-0.1, -0.05) is 31.7 Å². The molecule has 0 aromatic carbocycles. The van der Waals surface area contributed by atoms with Crippen molar-refractivity contribution >= 4 is 18.0 Å². The van der Waals surface area contributed by atoms with Crippen LogP contribution in [0.2, 0.25) is 0 Å². The number of fused-ring (bicyclic) bond motifs is 2. The van der Waals surface area contributed by atoms with Crippen LogP contribution in [0.1, 0.15) is 69.0 Å². The van der Waals surface area contributed by atoms with E-state index in [4.69, 9.17) is 5.21 Å². The zero-order valence-electron chi connectivity index (χ0n) is 17.9. The topological polar surface area (TPSA) is 112 Å². The van der Waals surface area contributed by atoms with Crippen LogP contribution in [0.5, 0.6) is 0 Å². The van der Waals surface area contributed by atoms with Gasteiger partial charge in [-0.15, -0.1) is 0 Å². The van der Waals surface area contributed by atoms with Crippen LogP contribution in [0, 0.1) is 23.2 Å². The van der Waals surface area contributed by atoms with Crippen molar-refractivity contribution in [3.63, 3.8) is 0 Å². The molecule has 168 valence electrons. The van der Waals surface area contributed by atoms with Gasteiger partial charge >= 0.3 is 5.97 Å². The molecule has 0 aliphatic heterocycles. The van der Waals surface area contributed by atoms with E-state index >= 15 is 0 Å². The lowest BCUT2D eigenvalue weighted by Crippen LogP contribution is -2.55. The Morgan fingerprint density at radius 2 is 2.00 bits per heavy atom. The number of hydrogen-bond donors (Lipinski definition) is 4. The van der Waals surface area contributed by atoms with Gasteiger partial charge in [-0.05, 0) is 73.0 Å². The molecule has 4 N–H and O–H groups in total. The van der Waals surface area contributed by atoms with Gasteiger partial charge in [0.15, 0.2) is 0 Å². The molecular weight excluding hydrogens is 394 g/mol. The lowest BCUT2D eigenvalue weighted by Gasteiger charge is -2.49. The normalized spacial score (nSPS) is 28.0. The summed E-state index contributed by atoms with van der Waals surface area (Å²) in [4.78, 5) is 27.9. The monoisotopic (exact) mass is 427 g/mol. The van der Waals surface area contributed by atoms with Gasteiger partial charge in [0.25, 0.3) is 5.91 Å². The van der Waals surface area contributed by atoms with Crippen LogP contribution in [0.15, 0.2) is 24.4 Å². The molecule has 7 heteroatoms. The second-order valence-electron chi connectivity index (χ2n) is 9.63. The fourth-order valence-corrected chi connectivity index (χ4v) is 6.63. The Balaban J connectivity index is 1.47. The fourth-order valence-electron chi connectivity index (χ4n) is 6.63. The molecule has 4 rings (SSSR count). The number of hydroxylamine groups is 1. The SMILES string of the molecule is O=C(C=Cc1ccc(CN[C@H](C(=O)O)C2(C3CC4CCC3C4)CCCCC2)cn1)NO. The molecule has 0 radical (unpaired) electrons. The molecule has 3 unspecified atom stereocenters. The summed E-state index contributed by atoms with van der Waals surface area (Å²) in [7, 11) is 0. The second kappa shape index (κ2) is 9.49. The molecule has 4 atom stereocenters. The number of aliphatic carboxylic acids is 1. The van der Waals surface area contributed by atoms with Crippen molar-refractivity contribution in [2.45, 2.75) is 70.4 Å². The molecule has 3 saturated carbocycles. The van der Waals surface area contributed by atoms with Crippen molar-refractivity contribution in [1.29, 1.82) is 0 Å². The number of rotatable bonds is 8. The first-order valence-corrected chi connectivity index (χ1v) is 11.5. The number of carbonyl (C=O) groups is 2. The van der Waals surface area contributed by atoms with E-state index in [9.17, 15) is 14.7 Å². The standard InChI is InChI=1S/C24H33N3O4/c28-21(27-31)9-8-19-7-5-17(14-25-19)15-26-22(23(29)30)24(10-2-1-3-11-24)20-13-16-4-6-18(20)12-16/h5,7-9,14,16,18,20,22,26,31H,1-4,6,10-13,15H2,(H,27,28)(H,29,30)/t16?,18?,20?,22-/m1/s1. The maximum absolute atomic E-state index is 12.5. The van der Waals surface area contributed by atoms with Gasteiger partial charge in [0.1, 0.15) is 6.04 Å². The molecule has 0 spiro atoms. The summed E-state index contributed by atoms with van der Waals surface area (Å²) in [6.45, 7) is 0.452. The van der Waals surface area contributed by atoms with Crippen molar-refractivity contribution in [2.24, 2.45) is 23.2 Å². The predicted molar refractivity (Wildman–Crippen MR) is 116 cm³/mol. The van der Waals surface area contributed by atoms with E-state index in [2.05, 4.69) is 10.3 Å². The molecule has 1 amide bonds. The summed E-state index contributed by atoms with van der Waals surface area (Å²) >= 11 is 0. The van der Waals surface area contributed by atoms with Crippen LogP contribution in [0.4, 0.5) is 0 Å². The number of carboxylic acids is 1. The molecule has 1 aromatic rings. The smallest absolute Gasteiger partial charge is 0.321 e. The highest BCUT2D eigenvalue weighted by Gasteiger charge is 2.55. The molecule has 31 heavy (non-hydrogen) atoms. The highest BCUT2D eigenvalue weighted by molar-refractivity contribution is 5.90. The van der Waals surface area contributed by atoms with E-state index < -0.39 is 17.9 Å². The number of nitrogens with zero attached hydrogens (tertiary/aromatic N) is 1. The summed E-state index contributed by atoms with van der Waals surface area (Å²) in [5.74, 6) is 0.697. The second-order valence-corrected chi connectivity index (χ2v) is 9.63. The molecule has 1 aromatic heterocycles. The minimum Gasteiger partial charge on any atom is -0.480 e.